The van der Waals surface area contributed by atoms with Crippen LogP contribution in [0.15, 0.2) is 255 Å². The number of anilines is 8. The maximum Gasteiger partial charge on any atom is 0.0454 e. The van der Waals surface area contributed by atoms with Gasteiger partial charge in [-0.2, -0.15) is 0 Å². The van der Waals surface area contributed by atoms with E-state index < -0.39 is 11.8 Å². The number of aryl methyl sites for hydroxylation is 2. The van der Waals surface area contributed by atoms with Crippen molar-refractivity contribution >= 4 is 45.5 Å². The van der Waals surface area contributed by atoms with Gasteiger partial charge in [-0.05, 0) is 305 Å². The van der Waals surface area contributed by atoms with Crippen LogP contribution < -0.4 is 19.6 Å². The second kappa shape index (κ2) is 31.4. The zero-order valence-corrected chi connectivity index (χ0v) is 75.2. The van der Waals surface area contributed by atoms with Crippen molar-refractivity contribution in [3.63, 3.8) is 0 Å². The van der Waals surface area contributed by atoms with E-state index in [1.807, 2.05) is 47.6 Å². The summed E-state index contributed by atoms with van der Waals surface area (Å²) in [4.78, 5) is 9.67. The Labute approximate surface area is 705 Å². The third-order valence-corrected chi connectivity index (χ3v) is 24.9. The van der Waals surface area contributed by atoms with E-state index in [0.29, 0.717) is 0 Å². The molecule has 2 unspecified atom stereocenters. The highest BCUT2D eigenvalue weighted by Crippen LogP contribution is 2.59. The molecule has 16 rings (SSSR count). The maximum absolute atomic E-state index is 9.20. The molecule has 0 amide bonds. The topological polar surface area (TPSA) is 13.0 Å². The average Bonchev–Trinajstić information content (AvgIpc) is 1.54. The molecular formula is C112H132N4. The molecule has 12 aromatic carbocycles. The highest BCUT2D eigenvalue weighted by molar-refractivity contribution is 5.91. The van der Waals surface area contributed by atoms with E-state index in [1.165, 1.54) is 112 Å². The van der Waals surface area contributed by atoms with Gasteiger partial charge in [-0.25, -0.2) is 0 Å². The first-order chi connectivity index (χ1) is 56.0. The van der Waals surface area contributed by atoms with Crippen molar-refractivity contribution < 1.29 is 5.48 Å². The highest BCUT2D eigenvalue weighted by Gasteiger charge is 2.45. The van der Waals surface area contributed by atoms with Gasteiger partial charge < -0.3 is 19.6 Å². The summed E-state index contributed by atoms with van der Waals surface area (Å²) in [5, 5.41) is 0. The summed E-state index contributed by atoms with van der Waals surface area (Å²) < 4.78 is 35.8. The largest absolute Gasteiger partial charge is 0.336 e. The second-order valence-electron chi connectivity index (χ2n) is 39.1. The predicted molar refractivity (Wildman–Crippen MR) is 506 cm³/mol. The van der Waals surface area contributed by atoms with Crippen LogP contribution >= 0.6 is 0 Å². The van der Waals surface area contributed by atoms with Gasteiger partial charge in [0.25, 0.3) is 0 Å². The molecule has 0 saturated carbocycles. The Morgan fingerprint density at radius 1 is 0.284 bits per heavy atom. The lowest BCUT2D eigenvalue weighted by Gasteiger charge is -2.41. The van der Waals surface area contributed by atoms with Crippen LogP contribution in [0.5, 0.6) is 0 Å². The Kier molecular flexibility index (Phi) is 21.2. The summed E-state index contributed by atoms with van der Waals surface area (Å²) in [7, 11) is 0. The minimum atomic E-state index is -0.738. The first-order valence-corrected chi connectivity index (χ1v) is 42.3. The summed E-state index contributed by atoms with van der Waals surface area (Å²) in [6, 6.07) is 91.2. The summed E-state index contributed by atoms with van der Waals surface area (Å²) in [5.74, 6) is -1.48. The highest BCUT2D eigenvalue weighted by atomic mass is 15.2. The molecule has 4 heteroatoms. The van der Waals surface area contributed by atoms with Gasteiger partial charge in [0.05, 0.1) is 0 Å². The number of hydrogen-bond donors (Lipinski definition) is 0. The molecule has 600 valence electrons. The fourth-order valence-electron chi connectivity index (χ4n) is 20.3. The van der Waals surface area contributed by atoms with Crippen LogP contribution in [0.2, 0.25) is 0 Å². The number of hydrogen-bond acceptors (Lipinski definition) is 4. The lowest BCUT2D eigenvalue weighted by Crippen LogP contribution is -2.39. The van der Waals surface area contributed by atoms with E-state index in [-0.39, 0.29) is 56.6 Å². The van der Waals surface area contributed by atoms with Gasteiger partial charge in [-0.3, -0.25) is 0 Å². The van der Waals surface area contributed by atoms with Crippen molar-refractivity contribution in [2.45, 2.75) is 262 Å². The molecule has 0 heterocycles. The third kappa shape index (κ3) is 14.9. The van der Waals surface area contributed by atoms with E-state index >= 15 is 0 Å². The molecule has 0 aliphatic heterocycles. The van der Waals surface area contributed by atoms with Crippen LogP contribution in [-0.4, -0.2) is 22.2 Å². The first kappa shape index (κ1) is 78.4. The van der Waals surface area contributed by atoms with Crippen LogP contribution in [-0.2, 0) is 34.5 Å². The number of para-hydroxylation sites is 4. The Morgan fingerprint density at radius 2 is 0.578 bits per heavy atom. The van der Waals surface area contributed by atoms with E-state index in [2.05, 4.69) is 421 Å². The molecule has 4 aliphatic rings. The van der Waals surface area contributed by atoms with Crippen LogP contribution in [0.25, 0.3) is 44.5 Å². The standard InChI is InChI=1S/C29H35N.2C28H33N.C27H31N/c1-8-20-14-10-13-17-25(20)30(28(3,4)5)26-19-18-23-22-15-11-12-16-24(22)29(6,7)27(23)21(26)9-2;2*1-19(2)25-24(29(27(3,4)5)20-13-9-8-10-14-20)18-17-22-21-15-11-12-16-23(21)28(6,7)26(22)25;1-18-12-8-11-15-23(18)28(26(3,4)5)24-17-16-21-20-13-9-10-14-22(20)27(6,7)25(21)19(24)2/h10-19H,8-9H2,1-7H3;2*8-19H,1-7H3;8-17H,1-7H3/i8D,9D;2*19D;. The van der Waals surface area contributed by atoms with E-state index in [4.69, 9.17) is 2.74 Å². The molecule has 0 N–H and O–H groups in total. The molecule has 0 fully saturated rings. The number of fused-ring (bicyclic) bond motifs is 12. The summed E-state index contributed by atoms with van der Waals surface area (Å²) in [5.41, 5.74) is 36.6. The van der Waals surface area contributed by atoms with Crippen molar-refractivity contribution in [1.82, 2.24) is 0 Å². The second-order valence-corrected chi connectivity index (χ2v) is 39.1. The molecule has 12 aromatic rings. The summed E-state index contributed by atoms with van der Waals surface area (Å²) in [6.07, 6.45) is -0.706. The maximum atomic E-state index is 9.20. The number of benzene rings is 12. The van der Waals surface area contributed by atoms with Crippen molar-refractivity contribution in [3.05, 3.63) is 333 Å². The van der Waals surface area contributed by atoms with Crippen LogP contribution in [0.4, 0.5) is 45.5 Å². The third-order valence-electron chi connectivity index (χ3n) is 24.9. The van der Waals surface area contributed by atoms with Gasteiger partial charge in [0.15, 0.2) is 0 Å². The fourth-order valence-corrected chi connectivity index (χ4v) is 20.3. The molecule has 116 heavy (non-hydrogen) atoms. The zero-order chi connectivity index (χ0) is 87.5. The monoisotopic (exact) mass is 1540 g/mol. The van der Waals surface area contributed by atoms with Gasteiger partial charge in [0.1, 0.15) is 0 Å². The van der Waals surface area contributed by atoms with Crippen LogP contribution in [0.1, 0.15) is 275 Å². The van der Waals surface area contributed by atoms with Crippen LogP contribution in [0, 0.1) is 13.8 Å². The molecule has 0 bridgehead atoms. The van der Waals surface area contributed by atoms with Crippen molar-refractivity contribution in [2.24, 2.45) is 0 Å². The molecule has 4 aliphatic carbocycles. The lowest BCUT2D eigenvalue weighted by molar-refractivity contribution is 0.555. The molecule has 4 nitrogen and oxygen atoms in total. The van der Waals surface area contributed by atoms with Gasteiger partial charge in [-0.15, -0.1) is 0 Å². The lowest BCUT2D eigenvalue weighted by atomic mass is 9.77. The molecule has 0 spiro atoms. The minimum Gasteiger partial charge on any atom is -0.336 e. The minimum absolute atomic E-state index is 0.0152. The molecule has 0 saturated heterocycles. The van der Waals surface area contributed by atoms with Gasteiger partial charge in [-0.1, -0.05) is 291 Å². The Bertz CT molecular complexity index is 5620. The quantitative estimate of drug-likeness (QED) is 0.121. The van der Waals surface area contributed by atoms with Crippen molar-refractivity contribution in [2.75, 3.05) is 19.6 Å². The Morgan fingerprint density at radius 3 is 0.940 bits per heavy atom. The summed E-state index contributed by atoms with van der Waals surface area (Å²) in [6.45, 7) is 62.0. The SMILES string of the molecule is Cc1ccccc1N(c1ccc2c(c1C)C(C)(C)c1ccccc1-2)C(C)(C)C.[2H]C(C)(C)c1c(N(c2ccccc2)C(C)(C)C)ccc2c1C(C)(C)c1ccccc1-2.[2H]C(C)(C)c1c(N(c2ccccc2)C(C)(C)C)ccc2c1C(C)(C)c1ccccc1-2.[2H]C(C)c1ccccc1N(c1ccc2c(c1C([2H])C)C(C)(C)c1ccccc1-2)C(C)(C)C. The average molecular weight is 1540 g/mol. The van der Waals surface area contributed by atoms with Gasteiger partial charge >= 0.3 is 0 Å². The first-order valence-electron chi connectivity index (χ1n) is 44.5. The molecule has 2 atom stereocenters. The van der Waals surface area contributed by atoms with Gasteiger partial charge in [0.2, 0.25) is 0 Å². The van der Waals surface area contributed by atoms with Crippen LogP contribution in [0.3, 0.4) is 0 Å². The smallest absolute Gasteiger partial charge is 0.0454 e. The molecular weight excluding hydrogens is 1400 g/mol. The predicted octanol–water partition coefficient (Wildman–Crippen LogP) is 31.7. The van der Waals surface area contributed by atoms with E-state index in [1.54, 1.807) is 0 Å². The van der Waals surface area contributed by atoms with Crippen molar-refractivity contribution in [1.29, 1.82) is 0 Å². The fraction of sp³-hybridized carbons (Fsp3) is 0.357. The van der Waals surface area contributed by atoms with E-state index in [9.17, 15) is 2.74 Å². The molecule has 0 aromatic heterocycles. The summed E-state index contributed by atoms with van der Waals surface area (Å²) >= 11 is 0. The normalized spacial score (nSPS) is 15.8. The number of rotatable bonds is 12. The number of nitrogens with zero attached hydrogens (tertiary/aromatic N) is 4. The van der Waals surface area contributed by atoms with Gasteiger partial charge in [0, 0.05) is 94.8 Å². The Balaban J connectivity index is 0.000000138. The molecule has 0 radical (unpaired) electrons. The van der Waals surface area contributed by atoms with Crippen molar-refractivity contribution in [3.8, 4) is 44.5 Å². The zero-order valence-electron chi connectivity index (χ0n) is 79.2. The van der Waals surface area contributed by atoms with E-state index in [0.717, 1.165) is 56.4 Å². The Hall–Kier alpha value is -10.2.